The predicted molar refractivity (Wildman–Crippen MR) is 66.5 cm³/mol. The Bertz CT molecular complexity index is 415. The highest BCUT2D eigenvalue weighted by molar-refractivity contribution is 5.82. The van der Waals surface area contributed by atoms with Gasteiger partial charge >= 0.3 is 12.2 Å². The van der Waals surface area contributed by atoms with Crippen LogP contribution in [0.3, 0.4) is 0 Å². The van der Waals surface area contributed by atoms with Crippen LogP contribution >= 0.6 is 0 Å². The van der Waals surface area contributed by atoms with Gasteiger partial charge in [0, 0.05) is 11.7 Å². The summed E-state index contributed by atoms with van der Waals surface area (Å²) in [7, 11) is 0. The van der Waals surface area contributed by atoms with Crippen molar-refractivity contribution in [2.45, 2.75) is 26.5 Å². The average Bonchev–Trinajstić information content (AvgIpc) is 2.26. The Hall–Kier alpha value is -2.24. The van der Waals surface area contributed by atoms with E-state index < -0.39 is 12.2 Å². The second-order valence-electron chi connectivity index (χ2n) is 4.00. The SMILES string of the molecule is CC(C)NC(=O)OCc1ccc(NC(=O)O)cc1. The van der Waals surface area contributed by atoms with E-state index in [1.807, 2.05) is 13.8 Å². The van der Waals surface area contributed by atoms with Crippen LogP contribution in [0.4, 0.5) is 15.3 Å². The maximum Gasteiger partial charge on any atom is 0.409 e. The molecule has 3 N–H and O–H groups in total. The zero-order valence-electron chi connectivity index (χ0n) is 10.3. The van der Waals surface area contributed by atoms with Crippen molar-refractivity contribution in [1.82, 2.24) is 5.32 Å². The van der Waals surface area contributed by atoms with Crippen molar-refractivity contribution in [1.29, 1.82) is 0 Å². The van der Waals surface area contributed by atoms with Gasteiger partial charge in [0.15, 0.2) is 0 Å². The highest BCUT2D eigenvalue weighted by Crippen LogP contribution is 2.10. The van der Waals surface area contributed by atoms with E-state index in [0.29, 0.717) is 5.69 Å². The predicted octanol–water partition coefficient (Wildman–Crippen LogP) is 2.41. The summed E-state index contributed by atoms with van der Waals surface area (Å²) in [5.41, 5.74) is 1.25. The molecule has 6 nitrogen and oxygen atoms in total. The van der Waals surface area contributed by atoms with Crippen molar-refractivity contribution >= 4 is 17.9 Å². The minimum atomic E-state index is -1.12. The lowest BCUT2D eigenvalue weighted by atomic mass is 10.2. The fraction of sp³-hybridized carbons (Fsp3) is 0.333. The number of benzene rings is 1. The summed E-state index contributed by atoms with van der Waals surface area (Å²) in [6.07, 6.45) is -1.59. The van der Waals surface area contributed by atoms with Gasteiger partial charge in [0.25, 0.3) is 0 Å². The van der Waals surface area contributed by atoms with Crippen LogP contribution in [-0.2, 0) is 11.3 Å². The maximum absolute atomic E-state index is 11.2. The molecule has 0 atom stereocenters. The lowest BCUT2D eigenvalue weighted by Crippen LogP contribution is -2.30. The number of ether oxygens (including phenoxy) is 1. The van der Waals surface area contributed by atoms with Gasteiger partial charge in [-0.2, -0.15) is 0 Å². The Morgan fingerprint density at radius 2 is 1.89 bits per heavy atom. The summed E-state index contributed by atoms with van der Waals surface area (Å²) in [6.45, 7) is 3.83. The van der Waals surface area contributed by atoms with Crippen LogP contribution < -0.4 is 10.6 Å². The fourth-order valence-corrected chi connectivity index (χ4v) is 1.23. The maximum atomic E-state index is 11.2. The molecule has 6 heteroatoms. The van der Waals surface area contributed by atoms with Crippen molar-refractivity contribution in [3.8, 4) is 0 Å². The second-order valence-corrected chi connectivity index (χ2v) is 4.00. The number of carbonyl (C=O) groups is 2. The summed E-state index contributed by atoms with van der Waals surface area (Å²) >= 11 is 0. The quantitative estimate of drug-likeness (QED) is 0.767. The topological polar surface area (TPSA) is 87.7 Å². The van der Waals surface area contributed by atoms with Crippen molar-refractivity contribution in [2.75, 3.05) is 5.32 Å². The van der Waals surface area contributed by atoms with Crippen LogP contribution in [0.2, 0.25) is 0 Å². The minimum Gasteiger partial charge on any atom is -0.465 e. The van der Waals surface area contributed by atoms with E-state index in [0.717, 1.165) is 5.56 Å². The van der Waals surface area contributed by atoms with Crippen LogP contribution in [0.25, 0.3) is 0 Å². The normalized spacial score (nSPS) is 9.94. The molecule has 0 unspecified atom stereocenters. The lowest BCUT2D eigenvalue weighted by molar-refractivity contribution is 0.137. The number of alkyl carbamates (subject to hydrolysis) is 1. The van der Waals surface area contributed by atoms with Gasteiger partial charge in [-0.25, -0.2) is 9.59 Å². The number of carbonyl (C=O) groups excluding carboxylic acids is 1. The molecule has 0 aliphatic rings. The molecule has 0 aromatic heterocycles. The summed E-state index contributed by atoms with van der Waals surface area (Å²) < 4.78 is 4.97. The molecule has 1 aromatic carbocycles. The number of nitrogens with one attached hydrogen (secondary N) is 2. The average molecular weight is 252 g/mol. The van der Waals surface area contributed by atoms with Gasteiger partial charge in [-0.3, -0.25) is 5.32 Å². The molecule has 0 heterocycles. The molecule has 0 saturated carbocycles. The Morgan fingerprint density at radius 3 is 2.39 bits per heavy atom. The zero-order chi connectivity index (χ0) is 13.5. The first-order chi connectivity index (χ1) is 8.47. The zero-order valence-corrected chi connectivity index (χ0v) is 10.3. The molecule has 1 aromatic rings. The standard InChI is InChI=1S/C12H16N2O4/c1-8(2)13-12(17)18-7-9-3-5-10(6-4-9)14-11(15)16/h3-6,8,14H,7H2,1-2H3,(H,13,17)(H,15,16). The van der Waals surface area contributed by atoms with E-state index in [1.54, 1.807) is 24.3 Å². The largest absolute Gasteiger partial charge is 0.465 e. The van der Waals surface area contributed by atoms with E-state index in [4.69, 9.17) is 9.84 Å². The van der Waals surface area contributed by atoms with Crippen molar-refractivity contribution in [2.24, 2.45) is 0 Å². The summed E-state index contributed by atoms with van der Waals surface area (Å²) in [5.74, 6) is 0. The van der Waals surface area contributed by atoms with Gasteiger partial charge in [-0.15, -0.1) is 0 Å². The summed E-state index contributed by atoms with van der Waals surface area (Å²) in [6, 6.07) is 6.61. The Morgan fingerprint density at radius 1 is 1.28 bits per heavy atom. The van der Waals surface area contributed by atoms with Gasteiger partial charge < -0.3 is 15.2 Å². The van der Waals surface area contributed by atoms with Crippen LogP contribution in [0.1, 0.15) is 19.4 Å². The smallest absolute Gasteiger partial charge is 0.409 e. The third-order valence-electron chi connectivity index (χ3n) is 1.98. The van der Waals surface area contributed by atoms with Crippen LogP contribution in [-0.4, -0.2) is 23.3 Å². The molecule has 1 rings (SSSR count). The highest BCUT2D eigenvalue weighted by Gasteiger charge is 2.04. The Balaban J connectivity index is 2.44. The third kappa shape index (κ3) is 5.20. The molecule has 0 saturated heterocycles. The fourth-order valence-electron chi connectivity index (χ4n) is 1.23. The summed E-state index contributed by atoms with van der Waals surface area (Å²) in [5, 5.41) is 13.3. The Kier molecular flexibility index (Phi) is 4.98. The second kappa shape index (κ2) is 6.48. The van der Waals surface area contributed by atoms with Gasteiger partial charge in [0.05, 0.1) is 0 Å². The molecule has 0 radical (unpaired) electrons. The van der Waals surface area contributed by atoms with Crippen molar-refractivity contribution < 1.29 is 19.4 Å². The van der Waals surface area contributed by atoms with Crippen molar-refractivity contribution in [3.05, 3.63) is 29.8 Å². The van der Waals surface area contributed by atoms with E-state index >= 15 is 0 Å². The van der Waals surface area contributed by atoms with Gasteiger partial charge in [-0.1, -0.05) is 12.1 Å². The number of carboxylic acid groups (broad SMARTS) is 1. The van der Waals surface area contributed by atoms with Gasteiger partial charge in [0.1, 0.15) is 6.61 Å². The first-order valence-corrected chi connectivity index (χ1v) is 5.49. The molecule has 98 valence electrons. The van der Waals surface area contributed by atoms with E-state index in [9.17, 15) is 9.59 Å². The van der Waals surface area contributed by atoms with Gasteiger partial charge in [-0.05, 0) is 31.5 Å². The Labute approximate surface area is 105 Å². The molecular weight excluding hydrogens is 236 g/mol. The molecule has 0 fully saturated rings. The van der Waals surface area contributed by atoms with Crippen LogP contribution in [0.5, 0.6) is 0 Å². The molecule has 18 heavy (non-hydrogen) atoms. The van der Waals surface area contributed by atoms with Crippen LogP contribution in [0, 0.1) is 0 Å². The number of amides is 2. The van der Waals surface area contributed by atoms with E-state index in [2.05, 4.69) is 10.6 Å². The first-order valence-electron chi connectivity index (χ1n) is 5.49. The number of hydrogen-bond acceptors (Lipinski definition) is 3. The lowest BCUT2D eigenvalue weighted by Gasteiger charge is -2.09. The molecule has 0 spiro atoms. The van der Waals surface area contributed by atoms with E-state index in [1.165, 1.54) is 0 Å². The molecule has 0 aliphatic heterocycles. The first kappa shape index (κ1) is 13.8. The van der Waals surface area contributed by atoms with Crippen LogP contribution in [0.15, 0.2) is 24.3 Å². The molecular formula is C12H16N2O4. The number of hydrogen-bond donors (Lipinski definition) is 3. The monoisotopic (exact) mass is 252 g/mol. The van der Waals surface area contributed by atoms with E-state index in [-0.39, 0.29) is 12.6 Å². The molecule has 0 aliphatic carbocycles. The number of rotatable bonds is 4. The minimum absolute atomic E-state index is 0.0274. The molecule has 2 amide bonds. The van der Waals surface area contributed by atoms with Gasteiger partial charge in [0.2, 0.25) is 0 Å². The number of anilines is 1. The summed E-state index contributed by atoms with van der Waals surface area (Å²) in [4.78, 5) is 21.6. The highest BCUT2D eigenvalue weighted by atomic mass is 16.5. The van der Waals surface area contributed by atoms with Crippen molar-refractivity contribution in [3.63, 3.8) is 0 Å². The third-order valence-corrected chi connectivity index (χ3v) is 1.98. The molecule has 0 bridgehead atoms.